The lowest BCUT2D eigenvalue weighted by Crippen LogP contribution is -2.02. The maximum Gasteiger partial charge on any atom is 0.180 e. The monoisotopic (exact) mass is 228 g/mol. The van der Waals surface area contributed by atoms with Crippen molar-refractivity contribution in [1.29, 1.82) is 0 Å². The van der Waals surface area contributed by atoms with Crippen LogP contribution >= 0.6 is 0 Å². The number of anilines is 1. The Morgan fingerprint density at radius 2 is 1.88 bits per heavy atom. The molecule has 84 valence electrons. The van der Waals surface area contributed by atoms with Crippen LogP contribution in [-0.4, -0.2) is 4.98 Å². The molecule has 0 saturated heterocycles. The van der Waals surface area contributed by atoms with Crippen molar-refractivity contribution in [2.24, 2.45) is 0 Å². The average molecular weight is 228 g/mol. The number of aromatic nitrogens is 1. The van der Waals surface area contributed by atoms with Gasteiger partial charge >= 0.3 is 0 Å². The Bertz CT molecular complexity index is 485. The minimum Gasteiger partial charge on any atom is -0.447 e. The SMILES string of the molecule is Fc1cc(F)c(NCc2cnco2)cc1F. The summed E-state index contributed by atoms with van der Waals surface area (Å²) in [6, 6.07) is 1.24. The van der Waals surface area contributed by atoms with Gasteiger partial charge in [0.25, 0.3) is 0 Å². The van der Waals surface area contributed by atoms with Gasteiger partial charge in [0, 0.05) is 12.1 Å². The van der Waals surface area contributed by atoms with E-state index in [0.29, 0.717) is 11.8 Å². The lowest BCUT2D eigenvalue weighted by Gasteiger charge is -2.05. The van der Waals surface area contributed by atoms with Crippen molar-refractivity contribution in [2.45, 2.75) is 6.54 Å². The molecule has 0 bridgehead atoms. The van der Waals surface area contributed by atoms with Crippen LogP contribution < -0.4 is 5.32 Å². The second-order valence-corrected chi connectivity index (χ2v) is 3.07. The Hall–Kier alpha value is -1.98. The average Bonchev–Trinajstić information content (AvgIpc) is 2.74. The first-order valence-electron chi connectivity index (χ1n) is 4.42. The van der Waals surface area contributed by atoms with Gasteiger partial charge in [0.15, 0.2) is 18.0 Å². The predicted octanol–water partition coefficient (Wildman–Crippen LogP) is 2.70. The zero-order valence-corrected chi connectivity index (χ0v) is 8.01. The fraction of sp³-hybridized carbons (Fsp3) is 0.100. The molecule has 1 N–H and O–H groups in total. The number of nitrogens with zero attached hydrogens (tertiary/aromatic N) is 1. The maximum atomic E-state index is 13.1. The van der Waals surface area contributed by atoms with Gasteiger partial charge < -0.3 is 9.73 Å². The number of oxazole rings is 1. The van der Waals surface area contributed by atoms with Crippen molar-refractivity contribution < 1.29 is 17.6 Å². The first-order valence-corrected chi connectivity index (χ1v) is 4.42. The van der Waals surface area contributed by atoms with Gasteiger partial charge in [0.1, 0.15) is 11.6 Å². The summed E-state index contributed by atoms with van der Waals surface area (Å²) in [6.07, 6.45) is 2.66. The second kappa shape index (κ2) is 4.26. The van der Waals surface area contributed by atoms with Crippen LogP contribution in [0.5, 0.6) is 0 Å². The van der Waals surface area contributed by atoms with Crippen LogP contribution in [0.15, 0.2) is 29.1 Å². The van der Waals surface area contributed by atoms with Crippen LogP contribution in [-0.2, 0) is 6.54 Å². The third-order valence-corrected chi connectivity index (χ3v) is 1.95. The number of hydrogen-bond donors (Lipinski definition) is 1. The number of halogens is 3. The Balaban J connectivity index is 2.12. The van der Waals surface area contributed by atoms with Gasteiger partial charge in [-0.1, -0.05) is 0 Å². The van der Waals surface area contributed by atoms with Crippen LogP contribution in [0.1, 0.15) is 5.76 Å². The summed E-state index contributed by atoms with van der Waals surface area (Å²) in [4.78, 5) is 3.65. The molecule has 2 rings (SSSR count). The van der Waals surface area contributed by atoms with Crippen molar-refractivity contribution in [3.63, 3.8) is 0 Å². The molecule has 3 nitrogen and oxygen atoms in total. The molecule has 0 aliphatic rings. The first-order chi connectivity index (χ1) is 7.66. The zero-order valence-electron chi connectivity index (χ0n) is 8.01. The summed E-state index contributed by atoms with van der Waals surface area (Å²) in [5.74, 6) is -2.73. The summed E-state index contributed by atoms with van der Waals surface area (Å²) in [5, 5.41) is 2.57. The number of benzene rings is 1. The molecule has 1 heterocycles. The summed E-state index contributed by atoms with van der Waals surface area (Å²) >= 11 is 0. The maximum absolute atomic E-state index is 13.1. The molecule has 0 aliphatic carbocycles. The minimum absolute atomic E-state index is 0.129. The van der Waals surface area contributed by atoms with E-state index in [1.165, 1.54) is 12.6 Å². The van der Waals surface area contributed by atoms with Crippen molar-refractivity contribution in [2.75, 3.05) is 5.32 Å². The summed E-state index contributed by atoms with van der Waals surface area (Å²) in [5.41, 5.74) is -0.129. The standard InChI is InChI=1S/C10H7F3N2O/c11-7-1-9(13)10(2-8(7)12)15-4-6-3-14-5-16-6/h1-3,5,15H,4H2. The van der Waals surface area contributed by atoms with E-state index in [2.05, 4.69) is 10.3 Å². The molecule has 0 radical (unpaired) electrons. The molecular weight excluding hydrogens is 221 g/mol. The molecule has 0 fully saturated rings. The highest BCUT2D eigenvalue weighted by atomic mass is 19.2. The summed E-state index contributed by atoms with van der Waals surface area (Å²) in [6.45, 7) is 0.141. The van der Waals surface area contributed by atoms with Crippen LogP contribution in [0.25, 0.3) is 0 Å². The van der Waals surface area contributed by atoms with Crippen molar-refractivity contribution in [3.05, 3.63) is 47.9 Å². The molecule has 2 aromatic rings. The van der Waals surface area contributed by atoms with E-state index in [4.69, 9.17) is 4.42 Å². The predicted molar refractivity (Wildman–Crippen MR) is 50.1 cm³/mol. The largest absolute Gasteiger partial charge is 0.447 e. The third-order valence-electron chi connectivity index (χ3n) is 1.95. The Kier molecular flexibility index (Phi) is 2.80. The van der Waals surface area contributed by atoms with Gasteiger partial charge in [-0.2, -0.15) is 0 Å². The molecular formula is C10H7F3N2O. The molecule has 0 amide bonds. The van der Waals surface area contributed by atoms with Gasteiger partial charge in [-0.15, -0.1) is 0 Å². The van der Waals surface area contributed by atoms with E-state index in [-0.39, 0.29) is 12.2 Å². The van der Waals surface area contributed by atoms with Gasteiger partial charge in [0.05, 0.1) is 18.4 Å². The van der Waals surface area contributed by atoms with E-state index < -0.39 is 17.5 Å². The molecule has 1 aromatic carbocycles. The Morgan fingerprint density at radius 3 is 2.56 bits per heavy atom. The molecule has 0 atom stereocenters. The first kappa shape index (κ1) is 10.5. The number of nitrogens with one attached hydrogen (secondary N) is 1. The minimum atomic E-state index is -1.22. The third kappa shape index (κ3) is 2.16. The fourth-order valence-corrected chi connectivity index (χ4v) is 1.17. The highest BCUT2D eigenvalue weighted by molar-refractivity contribution is 5.45. The van der Waals surface area contributed by atoms with E-state index in [0.717, 1.165) is 6.07 Å². The molecule has 0 spiro atoms. The van der Waals surface area contributed by atoms with Crippen LogP contribution in [0.4, 0.5) is 18.9 Å². The quantitative estimate of drug-likeness (QED) is 0.821. The fourth-order valence-electron chi connectivity index (χ4n) is 1.17. The number of hydrogen-bond acceptors (Lipinski definition) is 3. The van der Waals surface area contributed by atoms with Crippen molar-refractivity contribution >= 4 is 5.69 Å². The number of rotatable bonds is 3. The molecule has 1 aromatic heterocycles. The van der Waals surface area contributed by atoms with Gasteiger partial charge in [-0.25, -0.2) is 18.2 Å². The lowest BCUT2D eigenvalue weighted by molar-refractivity contribution is 0.494. The molecule has 0 saturated carbocycles. The van der Waals surface area contributed by atoms with Crippen molar-refractivity contribution in [3.8, 4) is 0 Å². The highest BCUT2D eigenvalue weighted by Crippen LogP contribution is 2.18. The van der Waals surface area contributed by atoms with Gasteiger partial charge in [-0.3, -0.25) is 0 Å². The zero-order chi connectivity index (χ0) is 11.5. The summed E-state index contributed by atoms with van der Waals surface area (Å²) < 4.78 is 43.4. The Morgan fingerprint density at radius 1 is 1.12 bits per heavy atom. The van der Waals surface area contributed by atoms with Crippen LogP contribution in [0, 0.1) is 17.5 Å². The van der Waals surface area contributed by atoms with E-state index in [1.54, 1.807) is 0 Å². The smallest absolute Gasteiger partial charge is 0.180 e. The second-order valence-electron chi connectivity index (χ2n) is 3.07. The van der Waals surface area contributed by atoms with Crippen molar-refractivity contribution in [1.82, 2.24) is 4.98 Å². The molecule has 0 aliphatic heterocycles. The normalized spacial score (nSPS) is 10.4. The molecule has 6 heteroatoms. The lowest BCUT2D eigenvalue weighted by atomic mass is 10.3. The molecule has 0 unspecified atom stereocenters. The topological polar surface area (TPSA) is 38.1 Å². The highest BCUT2D eigenvalue weighted by Gasteiger charge is 2.09. The summed E-state index contributed by atoms with van der Waals surface area (Å²) in [7, 11) is 0. The van der Waals surface area contributed by atoms with E-state index in [1.807, 2.05) is 0 Å². The molecule has 16 heavy (non-hydrogen) atoms. The van der Waals surface area contributed by atoms with Crippen LogP contribution in [0.3, 0.4) is 0 Å². The van der Waals surface area contributed by atoms with E-state index >= 15 is 0 Å². The van der Waals surface area contributed by atoms with Gasteiger partial charge in [-0.05, 0) is 0 Å². The van der Waals surface area contributed by atoms with Crippen LogP contribution in [0.2, 0.25) is 0 Å². The Labute approximate surface area is 88.9 Å². The van der Waals surface area contributed by atoms with Gasteiger partial charge in [0.2, 0.25) is 0 Å². The van der Waals surface area contributed by atoms with E-state index in [9.17, 15) is 13.2 Å².